The standard InChI is InChI=1S/C21H31ClN2O3S/c1-15(2)24(18-8-4-5-9-18)21(25)17-10-11-19(22)20(13-17)28(26,27)23-12-6-7-16(3)14-23/h10-11,13,15-16,18H,4-9,12,14H2,1-3H3. The fourth-order valence-corrected chi connectivity index (χ4v) is 6.59. The van der Waals surface area contributed by atoms with Gasteiger partial charge in [0.25, 0.3) is 5.91 Å². The van der Waals surface area contributed by atoms with Crippen LogP contribution in [0.15, 0.2) is 23.1 Å². The first-order chi connectivity index (χ1) is 13.2. The molecule has 1 heterocycles. The number of carbonyl (C=O) groups excluding carboxylic acids is 1. The molecule has 2 fully saturated rings. The third-order valence-corrected chi connectivity index (χ3v) is 8.27. The van der Waals surface area contributed by atoms with Crippen molar-refractivity contribution in [3.8, 4) is 0 Å². The van der Waals surface area contributed by atoms with Gasteiger partial charge in [-0.05, 0) is 63.6 Å². The number of amides is 1. The number of rotatable bonds is 5. The van der Waals surface area contributed by atoms with Crippen molar-refractivity contribution < 1.29 is 13.2 Å². The van der Waals surface area contributed by atoms with Crippen molar-refractivity contribution in [3.63, 3.8) is 0 Å². The first-order valence-corrected chi connectivity index (χ1v) is 12.2. The van der Waals surface area contributed by atoms with Gasteiger partial charge in [0.2, 0.25) is 10.0 Å². The van der Waals surface area contributed by atoms with Crippen LogP contribution >= 0.6 is 11.6 Å². The van der Waals surface area contributed by atoms with Gasteiger partial charge < -0.3 is 4.90 Å². The lowest BCUT2D eigenvalue weighted by atomic mass is 10.0. The number of hydrogen-bond donors (Lipinski definition) is 0. The summed E-state index contributed by atoms with van der Waals surface area (Å²) in [6, 6.07) is 4.96. The Labute approximate surface area is 174 Å². The maximum Gasteiger partial charge on any atom is 0.254 e. The minimum atomic E-state index is -3.72. The third kappa shape index (κ3) is 4.39. The Morgan fingerprint density at radius 2 is 1.86 bits per heavy atom. The lowest BCUT2D eigenvalue weighted by Gasteiger charge is -2.33. The van der Waals surface area contributed by atoms with Gasteiger partial charge in [-0.25, -0.2) is 8.42 Å². The molecule has 1 unspecified atom stereocenters. The second-order valence-corrected chi connectivity index (χ2v) is 10.8. The molecule has 3 rings (SSSR count). The predicted molar refractivity (Wildman–Crippen MR) is 112 cm³/mol. The van der Waals surface area contributed by atoms with Crippen molar-refractivity contribution in [3.05, 3.63) is 28.8 Å². The Kier molecular flexibility index (Phi) is 6.72. The Balaban J connectivity index is 1.93. The van der Waals surface area contributed by atoms with Crippen LogP contribution in [-0.4, -0.2) is 48.7 Å². The average molecular weight is 427 g/mol. The van der Waals surface area contributed by atoms with Gasteiger partial charge in [0.05, 0.1) is 5.02 Å². The topological polar surface area (TPSA) is 57.7 Å². The molecular formula is C21H31ClN2O3S. The monoisotopic (exact) mass is 426 g/mol. The average Bonchev–Trinajstić information content (AvgIpc) is 3.15. The molecule has 1 aromatic carbocycles. The number of piperidine rings is 1. The van der Waals surface area contributed by atoms with Crippen molar-refractivity contribution >= 4 is 27.5 Å². The molecule has 2 aliphatic rings. The molecule has 28 heavy (non-hydrogen) atoms. The molecule has 156 valence electrons. The summed E-state index contributed by atoms with van der Waals surface area (Å²) in [6.07, 6.45) is 6.16. The SMILES string of the molecule is CC1CCCN(S(=O)(=O)c2cc(C(=O)N(C(C)C)C3CCCC3)ccc2Cl)C1. The molecule has 1 aromatic rings. The van der Waals surface area contributed by atoms with Gasteiger partial charge in [0.15, 0.2) is 0 Å². The van der Waals surface area contributed by atoms with E-state index in [9.17, 15) is 13.2 Å². The van der Waals surface area contributed by atoms with Gasteiger partial charge in [-0.3, -0.25) is 4.79 Å². The van der Waals surface area contributed by atoms with Crippen molar-refractivity contribution in [2.24, 2.45) is 5.92 Å². The lowest BCUT2D eigenvalue weighted by molar-refractivity contribution is 0.0613. The Hall–Kier alpha value is -1.11. The highest BCUT2D eigenvalue weighted by molar-refractivity contribution is 7.89. The summed E-state index contributed by atoms with van der Waals surface area (Å²) in [4.78, 5) is 15.2. The van der Waals surface area contributed by atoms with Gasteiger partial charge in [0.1, 0.15) is 4.90 Å². The number of sulfonamides is 1. The molecule has 1 saturated heterocycles. The van der Waals surface area contributed by atoms with Crippen molar-refractivity contribution in [2.45, 2.75) is 76.3 Å². The van der Waals surface area contributed by atoms with Crippen LogP contribution in [0.25, 0.3) is 0 Å². The molecule has 0 aromatic heterocycles. The summed E-state index contributed by atoms with van der Waals surface area (Å²) in [5.74, 6) is 0.216. The minimum absolute atomic E-state index is 0.0456. The number of carbonyl (C=O) groups is 1. The molecule has 7 heteroatoms. The quantitative estimate of drug-likeness (QED) is 0.693. The molecule has 1 aliphatic carbocycles. The van der Waals surface area contributed by atoms with E-state index in [2.05, 4.69) is 6.92 Å². The summed E-state index contributed by atoms with van der Waals surface area (Å²) in [5.41, 5.74) is 0.397. The smallest absolute Gasteiger partial charge is 0.254 e. The third-order valence-electron chi connectivity index (χ3n) is 5.92. The first kappa shape index (κ1) is 21.6. The molecule has 0 bridgehead atoms. The van der Waals surface area contributed by atoms with E-state index in [0.29, 0.717) is 24.6 Å². The van der Waals surface area contributed by atoms with E-state index in [1.54, 1.807) is 12.1 Å². The highest BCUT2D eigenvalue weighted by atomic mass is 35.5. The van der Waals surface area contributed by atoms with Gasteiger partial charge in [-0.2, -0.15) is 4.31 Å². The zero-order chi connectivity index (χ0) is 20.5. The number of halogens is 1. The lowest BCUT2D eigenvalue weighted by Crippen LogP contribution is -2.43. The summed E-state index contributed by atoms with van der Waals surface area (Å²) in [5, 5.41) is 0.173. The summed E-state index contributed by atoms with van der Waals surface area (Å²) in [6.45, 7) is 7.08. The molecule has 0 spiro atoms. The van der Waals surface area contributed by atoms with E-state index in [0.717, 1.165) is 38.5 Å². The second-order valence-electron chi connectivity index (χ2n) is 8.50. The van der Waals surface area contributed by atoms with Crippen molar-refractivity contribution in [2.75, 3.05) is 13.1 Å². The Bertz CT molecular complexity index is 819. The summed E-state index contributed by atoms with van der Waals surface area (Å²) < 4.78 is 27.9. The Morgan fingerprint density at radius 1 is 1.18 bits per heavy atom. The number of nitrogens with zero attached hydrogens (tertiary/aromatic N) is 2. The van der Waals surface area contributed by atoms with Crippen LogP contribution in [0.2, 0.25) is 5.02 Å². The van der Waals surface area contributed by atoms with Crippen LogP contribution in [0, 0.1) is 5.92 Å². The largest absolute Gasteiger partial charge is 0.333 e. The molecular weight excluding hydrogens is 396 g/mol. The van der Waals surface area contributed by atoms with Crippen LogP contribution < -0.4 is 0 Å². The molecule has 1 aliphatic heterocycles. The van der Waals surface area contributed by atoms with E-state index >= 15 is 0 Å². The van der Waals surface area contributed by atoms with Crippen LogP contribution in [0.1, 0.15) is 69.7 Å². The van der Waals surface area contributed by atoms with Gasteiger partial charge in [0, 0.05) is 30.7 Å². The van der Waals surface area contributed by atoms with Crippen LogP contribution in [-0.2, 0) is 10.0 Å². The summed E-state index contributed by atoms with van der Waals surface area (Å²) in [7, 11) is -3.72. The summed E-state index contributed by atoms with van der Waals surface area (Å²) >= 11 is 6.28. The predicted octanol–water partition coefficient (Wildman–Crippen LogP) is 4.55. The fourth-order valence-electron chi connectivity index (χ4n) is 4.49. The van der Waals surface area contributed by atoms with E-state index in [1.807, 2.05) is 18.7 Å². The zero-order valence-corrected chi connectivity index (χ0v) is 18.6. The normalized spacial score (nSPS) is 22.0. The zero-order valence-electron chi connectivity index (χ0n) is 17.0. The first-order valence-electron chi connectivity index (χ1n) is 10.3. The van der Waals surface area contributed by atoms with E-state index in [-0.39, 0.29) is 27.9 Å². The molecule has 5 nitrogen and oxygen atoms in total. The molecule has 1 amide bonds. The van der Waals surface area contributed by atoms with Gasteiger partial charge in [-0.15, -0.1) is 0 Å². The van der Waals surface area contributed by atoms with Crippen LogP contribution in [0.4, 0.5) is 0 Å². The van der Waals surface area contributed by atoms with Crippen molar-refractivity contribution in [1.29, 1.82) is 0 Å². The molecule has 1 saturated carbocycles. The highest BCUT2D eigenvalue weighted by Gasteiger charge is 2.33. The molecule has 0 radical (unpaired) electrons. The molecule has 1 atom stereocenters. The van der Waals surface area contributed by atoms with Crippen LogP contribution in [0.5, 0.6) is 0 Å². The van der Waals surface area contributed by atoms with E-state index < -0.39 is 10.0 Å². The maximum atomic E-state index is 13.3. The van der Waals surface area contributed by atoms with Crippen molar-refractivity contribution in [1.82, 2.24) is 9.21 Å². The minimum Gasteiger partial charge on any atom is -0.333 e. The van der Waals surface area contributed by atoms with Gasteiger partial charge >= 0.3 is 0 Å². The van der Waals surface area contributed by atoms with Crippen LogP contribution in [0.3, 0.4) is 0 Å². The molecule has 0 N–H and O–H groups in total. The fraction of sp³-hybridized carbons (Fsp3) is 0.667. The number of benzene rings is 1. The maximum absolute atomic E-state index is 13.3. The van der Waals surface area contributed by atoms with Gasteiger partial charge in [-0.1, -0.05) is 31.4 Å². The Morgan fingerprint density at radius 3 is 2.46 bits per heavy atom. The van der Waals surface area contributed by atoms with E-state index in [4.69, 9.17) is 11.6 Å². The van der Waals surface area contributed by atoms with E-state index in [1.165, 1.54) is 10.4 Å². The second kappa shape index (κ2) is 8.72. The highest BCUT2D eigenvalue weighted by Crippen LogP contribution is 2.31. The number of hydrogen-bond acceptors (Lipinski definition) is 3.